The highest BCUT2D eigenvalue weighted by molar-refractivity contribution is 5.85. The van der Waals surface area contributed by atoms with Crippen LogP contribution in [-0.4, -0.2) is 72.7 Å². The third kappa shape index (κ3) is 5.03. The van der Waals surface area contributed by atoms with E-state index in [2.05, 4.69) is 33.8 Å². The summed E-state index contributed by atoms with van der Waals surface area (Å²) in [6, 6.07) is 6.27. The summed E-state index contributed by atoms with van der Waals surface area (Å²) in [6.45, 7) is 8.93. The van der Waals surface area contributed by atoms with Crippen LogP contribution in [0.1, 0.15) is 31.7 Å². The molecule has 0 aliphatic carbocycles. The van der Waals surface area contributed by atoms with Crippen molar-refractivity contribution in [1.82, 2.24) is 14.7 Å². The Labute approximate surface area is 179 Å². The van der Waals surface area contributed by atoms with Crippen LogP contribution in [0.5, 0.6) is 11.5 Å². The molecule has 2 saturated heterocycles. The molecule has 3 heterocycles. The number of amides is 1. The lowest BCUT2D eigenvalue weighted by atomic mass is 10.0. The number of likely N-dealkylation sites (N-methyl/N-ethyl adjacent to an activating group) is 1. The second-order valence-corrected chi connectivity index (χ2v) is 7.43. The number of halogens is 2. The van der Waals surface area contributed by atoms with Gasteiger partial charge in [0.1, 0.15) is 0 Å². The number of hydrogen-bond acceptors (Lipinski definition) is 5. The van der Waals surface area contributed by atoms with Gasteiger partial charge in [-0.2, -0.15) is 0 Å². The van der Waals surface area contributed by atoms with Crippen LogP contribution in [0.4, 0.5) is 0 Å². The Hall–Kier alpha value is -1.21. The van der Waals surface area contributed by atoms with Gasteiger partial charge in [0.05, 0.1) is 6.04 Å². The molecule has 3 aliphatic rings. The summed E-state index contributed by atoms with van der Waals surface area (Å²) in [7, 11) is 0. The first-order valence-corrected chi connectivity index (χ1v) is 9.88. The fourth-order valence-corrected chi connectivity index (χ4v) is 4.28. The zero-order chi connectivity index (χ0) is 17.9. The summed E-state index contributed by atoms with van der Waals surface area (Å²) in [5, 5.41) is 0. The number of piperazine rings is 1. The lowest BCUT2D eigenvalue weighted by Gasteiger charge is -2.40. The van der Waals surface area contributed by atoms with E-state index in [4.69, 9.17) is 9.47 Å². The van der Waals surface area contributed by atoms with Gasteiger partial charge in [-0.05, 0) is 43.6 Å². The Bertz CT molecular complexity index is 654. The molecular formula is C20H31Cl2N3O3. The van der Waals surface area contributed by atoms with E-state index in [1.54, 1.807) is 0 Å². The van der Waals surface area contributed by atoms with E-state index in [1.807, 2.05) is 6.07 Å². The molecule has 6 nitrogen and oxygen atoms in total. The van der Waals surface area contributed by atoms with Crippen LogP contribution < -0.4 is 9.47 Å². The Morgan fingerprint density at radius 1 is 1.04 bits per heavy atom. The quantitative estimate of drug-likeness (QED) is 0.733. The number of rotatable bonds is 4. The largest absolute Gasteiger partial charge is 0.454 e. The van der Waals surface area contributed by atoms with E-state index in [-0.39, 0.29) is 30.9 Å². The first-order chi connectivity index (χ1) is 12.7. The van der Waals surface area contributed by atoms with Crippen LogP contribution in [0.15, 0.2) is 18.2 Å². The summed E-state index contributed by atoms with van der Waals surface area (Å²) >= 11 is 0. The first-order valence-electron chi connectivity index (χ1n) is 9.88. The van der Waals surface area contributed by atoms with Crippen LogP contribution >= 0.6 is 24.8 Å². The second-order valence-electron chi connectivity index (χ2n) is 7.43. The molecule has 1 amide bonds. The van der Waals surface area contributed by atoms with Gasteiger partial charge in [0.25, 0.3) is 0 Å². The molecule has 3 aliphatic heterocycles. The number of piperidine rings is 1. The summed E-state index contributed by atoms with van der Waals surface area (Å²) in [6.07, 6.45) is 3.42. The molecule has 1 atom stereocenters. The number of benzene rings is 1. The van der Waals surface area contributed by atoms with Gasteiger partial charge >= 0.3 is 0 Å². The van der Waals surface area contributed by atoms with Gasteiger partial charge < -0.3 is 14.4 Å². The zero-order valence-electron chi connectivity index (χ0n) is 16.5. The van der Waals surface area contributed by atoms with Gasteiger partial charge in [-0.25, -0.2) is 0 Å². The van der Waals surface area contributed by atoms with Gasteiger partial charge in [-0.1, -0.05) is 19.4 Å². The smallest absolute Gasteiger partial charge is 0.240 e. The SMILES string of the molecule is CCN1CCCC[C@H]1C(=O)N1CCN(Cc2ccc3c(c2)OCO3)CC1.Cl.Cl. The highest BCUT2D eigenvalue weighted by Crippen LogP contribution is 2.32. The van der Waals surface area contributed by atoms with Crippen molar-refractivity contribution >= 4 is 30.7 Å². The summed E-state index contributed by atoms with van der Waals surface area (Å²) in [4.78, 5) is 19.8. The monoisotopic (exact) mass is 431 g/mol. The molecule has 158 valence electrons. The molecule has 8 heteroatoms. The molecule has 28 heavy (non-hydrogen) atoms. The van der Waals surface area contributed by atoms with E-state index < -0.39 is 0 Å². The maximum absolute atomic E-state index is 13.0. The van der Waals surface area contributed by atoms with Crippen LogP contribution in [0.2, 0.25) is 0 Å². The summed E-state index contributed by atoms with van der Waals surface area (Å²) in [5.74, 6) is 2.01. The Morgan fingerprint density at radius 3 is 2.54 bits per heavy atom. The lowest BCUT2D eigenvalue weighted by Crippen LogP contribution is -2.55. The Kier molecular flexibility index (Phi) is 8.68. The van der Waals surface area contributed by atoms with Crippen molar-refractivity contribution in [3.05, 3.63) is 23.8 Å². The van der Waals surface area contributed by atoms with Gasteiger partial charge in [0, 0.05) is 32.7 Å². The number of carbonyl (C=O) groups is 1. The zero-order valence-corrected chi connectivity index (χ0v) is 18.1. The van der Waals surface area contributed by atoms with Gasteiger partial charge in [-0.15, -0.1) is 24.8 Å². The predicted molar refractivity (Wildman–Crippen MR) is 114 cm³/mol. The minimum Gasteiger partial charge on any atom is -0.454 e. The topological polar surface area (TPSA) is 45.3 Å². The molecule has 0 aromatic heterocycles. The van der Waals surface area contributed by atoms with Crippen molar-refractivity contribution in [3.8, 4) is 11.5 Å². The van der Waals surface area contributed by atoms with Crippen molar-refractivity contribution in [3.63, 3.8) is 0 Å². The second kappa shape index (κ2) is 10.5. The summed E-state index contributed by atoms with van der Waals surface area (Å²) < 4.78 is 10.8. The molecule has 0 bridgehead atoms. The normalized spacial score (nSPS) is 22.3. The Morgan fingerprint density at radius 2 is 1.79 bits per heavy atom. The van der Waals surface area contributed by atoms with Crippen molar-refractivity contribution in [2.24, 2.45) is 0 Å². The fraction of sp³-hybridized carbons (Fsp3) is 0.650. The van der Waals surface area contributed by atoms with Crippen molar-refractivity contribution in [1.29, 1.82) is 0 Å². The molecule has 1 aromatic carbocycles. The molecule has 0 radical (unpaired) electrons. The van der Waals surface area contributed by atoms with Gasteiger partial charge in [0.15, 0.2) is 11.5 Å². The molecular weight excluding hydrogens is 401 g/mol. The van der Waals surface area contributed by atoms with Gasteiger partial charge in [-0.3, -0.25) is 14.6 Å². The van der Waals surface area contributed by atoms with Crippen molar-refractivity contribution in [2.75, 3.05) is 46.1 Å². The van der Waals surface area contributed by atoms with E-state index in [0.29, 0.717) is 12.7 Å². The molecule has 0 N–H and O–H groups in total. The van der Waals surface area contributed by atoms with E-state index in [1.165, 1.54) is 18.4 Å². The van der Waals surface area contributed by atoms with Crippen LogP contribution in [0.25, 0.3) is 0 Å². The fourth-order valence-electron chi connectivity index (χ4n) is 4.28. The van der Waals surface area contributed by atoms with E-state index in [9.17, 15) is 4.79 Å². The maximum atomic E-state index is 13.0. The number of nitrogens with zero attached hydrogens (tertiary/aromatic N) is 3. The molecule has 0 saturated carbocycles. The molecule has 1 aromatic rings. The number of hydrogen-bond donors (Lipinski definition) is 0. The van der Waals surface area contributed by atoms with Crippen LogP contribution in [-0.2, 0) is 11.3 Å². The van der Waals surface area contributed by atoms with Crippen LogP contribution in [0, 0.1) is 0 Å². The molecule has 0 spiro atoms. The first kappa shape index (κ1) is 23.1. The summed E-state index contributed by atoms with van der Waals surface area (Å²) in [5.41, 5.74) is 1.23. The molecule has 2 fully saturated rings. The van der Waals surface area contributed by atoms with Crippen molar-refractivity contribution in [2.45, 2.75) is 38.8 Å². The average Bonchev–Trinajstić information content (AvgIpc) is 3.16. The standard InChI is InChI=1S/C20H29N3O3.2ClH/c1-2-22-8-4-3-5-17(22)20(24)23-11-9-21(10-12-23)14-16-6-7-18-19(13-16)26-15-25-18;;/h6-7,13,17H,2-5,8-12,14-15H2,1H3;2*1H/t17-;;/m0../s1. The highest BCUT2D eigenvalue weighted by Gasteiger charge is 2.32. The minimum absolute atomic E-state index is 0. The third-order valence-electron chi connectivity index (χ3n) is 5.83. The molecule has 4 rings (SSSR count). The number of carbonyl (C=O) groups excluding carboxylic acids is 1. The van der Waals surface area contributed by atoms with Crippen molar-refractivity contribution < 1.29 is 14.3 Å². The molecule has 0 unspecified atom stereocenters. The minimum atomic E-state index is 0. The van der Waals surface area contributed by atoms with E-state index >= 15 is 0 Å². The maximum Gasteiger partial charge on any atom is 0.240 e. The number of fused-ring (bicyclic) bond motifs is 1. The van der Waals surface area contributed by atoms with E-state index in [0.717, 1.165) is 63.7 Å². The van der Waals surface area contributed by atoms with Crippen LogP contribution in [0.3, 0.4) is 0 Å². The highest BCUT2D eigenvalue weighted by atomic mass is 35.5. The number of likely N-dealkylation sites (tertiary alicyclic amines) is 1. The third-order valence-corrected chi connectivity index (χ3v) is 5.83. The van der Waals surface area contributed by atoms with Gasteiger partial charge in [0.2, 0.25) is 12.7 Å². The average molecular weight is 432 g/mol. The number of ether oxygens (including phenoxy) is 2. The Balaban J connectivity index is 0.00000140. The lowest BCUT2D eigenvalue weighted by molar-refractivity contribution is -0.140. The predicted octanol–water partition coefficient (Wildman–Crippen LogP) is 2.78.